The van der Waals surface area contributed by atoms with Crippen LogP contribution in [0.2, 0.25) is 15.1 Å². The molecule has 0 spiro atoms. The van der Waals surface area contributed by atoms with Crippen molar-refractivity contribution in [3.8, 4) is 17.2 Å². The molecule has 0 bridgehead atoms. The fraction of sp³-hybridized carbons (Fsp3) is 0.222. The van der Waals surface area contributed by atoms with Gasteiger partial charge in [-0.15, -0.1) is 0 Å². The van der Waals surface area contributed by atoms with E-state index in [1.54, 1.807) is 13.0 Å². The molecule has 28 heavy (non-hydrogen) atoms. The van der Waals surface area contributed by atoms with Crippen molar-refractivity contribution < 1.29 is 23.8 Å². The van der Waals surface area contributed by atoms with Gasteiger partial charge in [-0.2, -0.15) is 0 Å². The van der Waals surface area contributed by atoms with Gasteiger partial charge in [-0.05, 0) is 37.3 Å². The second-order valence-corrected chi connectivity index (χ2v) is 6.54. The van der Waals surface area contributed by atoms with Crippen molar-refractivity contribution in [3.63, 3.8) is 0 Å². The highest BCUT2D eigenvalue weighted by atomic mass is 35.5. The van der Waals surface area contributed by atoms with Gasteiger partial charge in [0.15, 0.2) is 18.1 Å². The van der Waals surface area contributed by atoms with E-state index in [2.05, 4.69) is 10.9 Å². The van der Waals surface area contributed by atoms with Crippen LogP contribution in [0.25, 0.3) is 0 Å². The van der Waals surface area contributed by atoms with Gasteiger partial charge in [0.1, 0.15) is 5.75 Å². The number of hydrogen-bond acceptors (Lipinski definition) is 5. The summed E-state index contributed by atoms with van der Waals surface area (Å²) < 4.78 is 15.9. The monoisotopic (exact) mass is 446 g/mol. The molecule has 2 amide bonds. The molecule has 0 saturated heterocycles. The average molecular weight is 448 g/mol. The molecule has 10 heteroatoms. The molecule has 0 heterocycles. The van der Waals surface area contributed by atoms with E-state index in [1.165, 1.54) is 31.4 Å². The van der Waals surface area contributed by atoms with Crippen molar-refractivity contribution >= 4 is 46.6 Å². The minimum absolute atomic E-state index is 0.173. The molecule has 0 aliphatic carbocycles. The summed E-state index contributed by atoms with van der Waals surface area (Å²) in [5.74, 6) is -0.271. The molecule has 0 atom stereocenters. The number of rotatable bonds is 7. The van der Waals surface area contributed by atoms with Gasteiger partial charge in [0.05, 0.1) is 23.8 Å². The van der Waals surface area contributed by atoms with Gasteiger partial charge < -0.3 is 14.2 Å². The highest BCUT2D eigenvalue weighted by Crippen LogP contribution is 2.36. The molecule has 0 unspecified atom stereocenters. The number of ether oxygens (including phenoxy) is 3. The molecule has 0 saturated carbocycles. The van der Waals surface area contributed by atoms with E-state index < -0.39 is 11.8 Å². The van der Waals surface area contributed by atoms with Gasteiger partial charge in [0, 0.05) is 10.6 Å². The van der Waals surface area contributed by atoms with Gasteiger partial charge >= 0.3 is 0 Å². The minimum atomic E-state index is -0.596. The van der Waals surface area contributed by atoms with Crippen LogP contribution in [-0.4, -0.2) is 32.1 Å². The Morgan fingerprint density at radius 3 is 2.36 bits per heavy atom. The number of benzene rings is 2. The Morgan fingerprint density at radius 1 is 0.964 bits per heavy atom. The van der Waals surface area contributed by atoms with Gasteiger partial charge in [-0.3, -0.25) is 20.4 Å². The smallest absolute Gasteiger partial charge is 0.276 e. The number of carbonyl (C=O) groups excluding carboxylic acids is 2. The molecule has 2 rings (SSSR count). The number of hydrogen-bond donors (Lipinski definition) is 2. The number of hydrazine groups is 1. The largest absolute Gasteiger partial charge is 0.493 e. The van der Waals surface area contributed by atoms with Crippen molar-refractivity contribution in [1.82, 2.24) is 10.9 Å². The van der Waals surface area contributed by atoms with Crippen molar-refractivity contribution in [2.75, 3.05) is 20.3 Å². The normalized spacial score (nSPS) is 10.2. The van der Waals surface area contributed by atoms with Crippen LogP contribution in [0.1, 0.15) is 17.3 Å². The molecule has 0 aliphatic heterocycles. The third-order valence-electron chi connectivity index (χ3n) is 3.35. The molecule has 7 nitrogen and oxygen atoms in total. The van der Waals surface area contributed by atoms with Crippen LogP contribution in [0, 0.1) is 0 Å². The van der Waals surface area contributed by atoms with E-state index in [9.17, 15) is 9.59 Å². The molecular weight excluding hydrogens is 431 g/mol. The third-order valence-corrected chi connectivity index (χ3v) is 4.16. The maximum atomic E-state index is 12.2. The van der Waals surface area contributed by atoms with Crippen LogP contribution in [0.5, 0.6) is 17.2 Å². The fourth-order valence-electron chi connectivity index (χ4n) is 2.11. The van der Waals surface area contributed by atoms with E-state index >= 15 is 0 Å². The van der Waals surface area contributed by atoms with Crippen molar-refractivity contribution in [3.05, 3.63) is 51.0 Å². The Bertz CT molecular complexity index is 877. The zero-order chi connectivity index (χ0) is 20.7. The molecule has 0 fully saturated rings. The standard InChI is InChI=1S/C18H17Cl3N2O5/c1-3-27-17-13(21)6-10(7-15(17)26-2)18(25)23-22-16(24)9-28-14-5-4-11(19)8-12(14)20/h4-8H,3,9H2,1-2H3,(H,22,24)(H,23,25). The number of nitrogens with one attached hydrogen (secondary N) is 2. The summed E-state index contributed by atoms with van der Waals surface area (Å²) in [7, 11) is 1.43. The first-order valence-electron chi connectivity index (χ1n) is 8.03. The topological polar surface area (TPSA) is 85.9 Å². The first-order chi connectivity index (χ1) is 13.3. The summed E-state index contributed by atoms with van der Waals surface area (Å²) in [6, 6.07) is 7.44. The lowest BCUT2D eigenvalue weighted by Crippen LogP contribution is -2.43. The summed E-state index contributed by atoms with van der Waals surface area (Å²) >= 11 is 17.9. The van der Waals surface area contributed by atoms with Crippen LogP contribution in [0.4, 0.5) is 0 Å². The molecule has 150 valence electrons. The van der Waals surface area contributed by atoms with Gasteiger partial charge in [-0.1, -0.05) is 34.8 Å². The highest BCUT2D eigenvalue weighted by Gasteiger charge is 2.16. The van der Waals surface area contributed by atoms with E-state index in [0.29, 0.717) is 23.1 Å². The van der Waals surface area contributed by atoms with Crippen molar-refractivity contribution in [2.24, 2.45) is 0 Å². The SMILES string of the molecule is CCOc1c(Cl)cc(C(=O)NNC(=O)COc2ccc(Cl)cc2Cl)cc1OC. The van der Waals surface area contributed by atoms with E-state index in [0.717, 1.165) is 0 Å². The molecule has 0 radical (unpaired) electrons. The van der Waals surface area contributed by atoms with Crippen LogP contribution >= 0.6 is 34.8 Å². The van der Waals surface area contributed by atoms with Gasteiger partial charge in [0.25, 0.3) is 11.8 Å². The van der Waals surface area contributed by atoms with Gasteiger partial charge in [0.2, 0.25) is 0 Å². The lowest BCUT2D eigenvalue weighted by molar-refractivity contribution is -0.123. The number of carbonyl (C=O) groups is 2. The van der Waals surface area contributed by atoms with Gasteiger partial charge in [-0.25, -0.2) is 0 Å². The Balaban J connectivity index is 1.94. The zero-order valence-electron chi connectivity index (χ0n) is 15.0. The molecule has 2 aromatic rings. The Morgan fingerprint density at radius 2 is 1.71 bits per heavy atom. The maximum Gasteiger partial charge on any atom is 0.276 e. The number of amides is 2. The molecule has 2 aromatic carbocycles. The molecule has 2 N–H and O–H groups in total. The molecule has 0 aromatic heterocycles. The minimum Gasteiger partial charge on any atom is -0.493 e. The van der Waals surface area contributed by atoms with Crippen LogP contribution in [0.3, 0.4) is 0 Å². The Labute approximate surface area is 176 Å². The average Bonchev–Trinajstić information content (AvgIpc) is 2.66. The molecular formula is C18H17Cl3N2O5. The third kappa shape index (κ3) is 5.82. The summed E-state index contributed by atoms with van der Waals surface area (Å²) in [5, 5.41) is 0.914. The molecule has 0 aliphatic rings. The zero-order valence-corrected chi connectivity index (χ0v) is 17.2. The van der Waals surface area contributed by atoms with Crippen LogP contribution in [-0.2, 0) is 4.79 Å². The van der Waals surface area contributed by atoms with Crippen LogP contribution < -0.4 is 25.1 Å². The van der Waals surface area contributed by atoms with E-state index in [1.807, 2.05) is 0 Å². The first-order valence-corrected chi connectivity index (χ1v) is 9.16. The second kappa shape index (κ2) is 10.3. The van der Waals surface area contributed by atoms with Crippen molar-refractivity contribution in [1.29, 1.82) is 0 Å². The predicted octanol–water partition coefficient (Wildman–Crippen LogP) is 3.89. The Hall–Kier alpha value is -2.35. The summed E-state index contributed by atoms with van der Waals surface area (Å²) in [6.45, 7) is 1.81. The fourth-order valence-corrected chi connectivity index (χ4v) is 2.83. The predicted molar refractivity (Wildman–Crippen MR) is 107 cm³/mol. The maximum absolute atomic E-state index is 12.2. The second-order valence-electron chi connectivity index (χ2n) is 5.29. The summed E-state index contributed by atoms with van der Waals surface area (Å²) in [4.78, 5) is 24.1. The summed E-state index contributed by atoms with van der Waals surface area (Å²) in [6.07, 6.45) is 0. The summed E-state index contributed by atoms with van der Waals surface area (Å²) in [5.41, 5.74) is 4.67. The van der Waals surface area contributed by atoms with Crippen LogP contribution in [0.15, 0.2) is 30.3 Å². The number of halogens is 3. The first kappa shape index (κ1) is 21.9. The highest BCUT2D eigenvalue weighted by molar-refractivity contribution is 6.35. The number of methoxy groups -OCH3 is 1. The lowest BCUT2D eigenvalue weighted by atomic mass is 10.2. The lowest BCUT2D eigenvalue weighted by Gasteiger charge is -2.13. The van der Waals surface area contributed by atoms with E-state index in [4.69, 9.17) is 49.0 Å². The van der Waals surface area contributed by atoms with Crippen molar-refractivity contribution in [2.45, 2.75) is 6.92 Å². The quantitative estimate of drug-likeness (QED) is 0.629. The van der Waals surface area contributed by atoms with E-state index in [-0.39, 0.29) is 28.0 Å². The Kier molecular flexibility index (Phi) is 8.04.